The normalized spacial score (nSPS) is 15.0. The van der Waals surface area contributed by atoms with Crippen molar-refractivity contribution in [3.05, 3.63) is 112 Å². The summed E-state index contributed by atoms with van der Waals surface area (Å²) in [5, 5.41) is 3.26. The topological polar surface area (TPSA) is 84.2 Å². The predicted molar refractivity (Wildman–Crippen MR) is 137 cm³/mol. The molecule has 36 heavy (non-hydrogen) atoms. The quantitative estimate of drug-likeness (QED) is 0.324. The van der Waals surface area contributed by atoms with Crippen LogP contribution in [0.25, 0.3) is 0 Å². The van der Waals surface area contributed by atoms with Gasteiger partial charge in [0, 0.05) is 31.0 Å². The smallest absolute Gasteiger partial charge is 0.251 e. The van der Waals surface area contributed by atoms with Crippen molar-refractivity contribution in [2.24, 2.45) is 0 Å². The summed E-state index contributed by atoms with van der Waals surface area (Å²) in [5.74, 6) is 0.519. The summed E-state index contributed by atoms with van der Waals surface area (Å²) < 4.78 is 5.72. The van der Waals surface area contributed by atoms with E-state index in [1.807, 2.05) is 31.3 Å². The summed E-state index contributed by atoms with van der Waals surface area (Å²) in [7, 11) is 0. The fourth-order valence-corrected chi connectivity index (χ4v) is 4.94. The van der Waals surface area contributed by atoms with E-state index < -0.39 is 0 Å². The van der Waals surface area contributed by atoms with Gasteiger partial charge in [0.1, 0.15) is 11.4 Å². The molecule has 4 aromatic rings. The Kier molecular flexibility index (Phi) is 7.39. The van der Waals surface area contributed by atoms with Crippen LogP contribution in [0.3, 0.4) is 0 Å². The van der Waals surface area contributed by atoms with Crippen molar-refractivity contribution < 1.29 is 9.21 Å². The number of carbonyl (C=O) groups excluding carboxylic acids is 1. The number of hydrogen-bond acceptors (Lipinski definition) is 6. The molecule has 1 atom stereocenters. The molecule has 0 fully saturated rings. The van der Waals surface area contributed by atoms with Gasteiger partial charge in [-0.15, -0.1) is 0 Å². The molecule has 0 aliphatic heterocycles. The Hall–Kier alpha value is -3.55. The van der Waals surface area contributed by atoms with E-state index in [0.29, 0.717) is 36.2 Å². The summed E-state index contributed by atoms with van der Waals surface area (Å²) in [5.41, 5.74) is 6.00. The fraction of sp³-hybridized carbons (Fsp3) is 0.286. The van der Waals surface area contributed by atoms with Gasteiger partial charge in [-0.2, -0.15) is 0 Å². The summed E-state index contributed by atoms with van der Waals surface area (Å²) in [6.45, 7) is 3.66. The third kappa shape index (κ3) is 5.80. The molecule has 1 aliphatic rings. The molecule has 0 spiro atoms. The first kappa shape index (κ1) is 24.2. The van der Waals surface area contributed by atoms with E-state index in [-0.39, 0.29) is 11.9 Å². The van der Waals surface area contributed by atoms with Gasteiger partial charge < -0.3 is 9.73 Å². The number of amides is 1. The average molecular weight is 502 g/mol. The van der Waals surface area contributed by atoms with E-state index in [2.05, 4.69) is 38.4 Å². The highest BCUT2D eigenvalue weighted by atomic mass is 35.5. The zero-order valence-corrected chi connectivity index (χ0v) is 20.9. The zero-order chi connectivity index (χ0) is 24.9. The number of nitrogens with one attached hydrogen (secondary N) is 1. The molecule has 3 aromatic heterocycles. The van der Waals surface area contributed by atoms with Crippen molar-refractivity contribution in [2.45, 2.75) is 51.9 Å². The first-order valence-electron chi connectivity index (χ1n) is 12.1. The molecule has 7 nitrogen and oxygen atoms in total. The predicted octanol–water partition coefficient (Wildman–Crippen LogP) is 5.44. The number of fused-ring (bicyclic) bond motifs is 1. The fourth-order valence-electron chi connectivity index (χ4n) is 4.77. The van der Waals surface area contributed by atoms with Crippen molar-refractivity contribution in [3.8, 4) is 0 Å². The average Bonchev–Trinajstić information content (AvgIpc) is 3.31. The molecule has 3 heterocycles. The maximum Gasteiger partial charge on any atom is 0.251 e. The molecule has 1 unspecified atom stereocenters. The van der Waals surface area contributed by atoms with E-state index >= 15 is 0 Å². The van der Waals surface area contributed by atoms with Gasteiger partial charge in [-0.1, -0.05) is 41.9 Å². The molecule has 0 bridgehead atoms. The molecule has 1 amide bonds. The van der Waals surface area contributed by atoms with Crippen LogP contribution in [0.2, 0.25) is 5.15 Å². The van der Waals surface area contributed by atoms with Crippen LogP contribution in [0.5, 0.6) is 0 Å². The molecule has 1 aliphatic carbocycles. The van der Waals surface area contributed by atoms with Gasteiger partial charge in [0.25, 0.3) is 5.91 Å². The number of halogens is 1. The minimum atomic E-state index is -0.185. The van der Waals surface area contributed by atoms with Crippen LogP contribution in [0.4, 0.5) is 0 Å². The lowest BCUT2D eigenvalue weighted by Crippen LogP contribution is -2.31. The van der Waals surface area contributed by atoms with Crippen LogP contribution < -0.4 is 5.32 Å². The van der Waals surface area contributed by atoms with Crippen molar-refractivity contribution in [2.75, 3.05) is 0 Å². The monoisotopic (exact) mass is 501 g/mol. The maximum atomic E-state index is 12.5. The zero-order valence-electron chi connectivity index (χ0n) is 20.2. The molecule has 0 saturated carbocycles. The van der Waals surface area contributed by atoms with Crippen molar-refractivity contribution in [1.29, 1.82) is 0 Å². The van der Waals surface area contributed by atoms with Crippen LogP contribution in [0.1, 0.15) is 63.2 Å². The number of rotatable bonds is 8. The van der Waals surface area contributed by atoms with E-state index in [0.717, 1.165) is 41.8 Å². The van der Waals surface area contributed by atoms with Crippen LogP contribution >= 0.6 is 11.6 Å². The molecule has 0 radical (unpaired) electrons. The Morgan fingerprint density at radius 3 is 2.83 bits per heavy atom. The maximum absolute atomic E-state index is 12.5. The molecule has 1 aromatic carbocycles. The first-order valence-corrected chi connectivity index (χ1v) is 12.5. The molecule has 5 rings (SSSR count). The Morgan fingerprint density at radius 1 is 1.11 bits per heavy atom. The minimum Gasteiger partial charge on any atom is -0.447 e. The second-order valence-corrected chi connectivity index (χ2v) is 9.50. The van der Waals surface area contributed by atoms with Crippen LogP contribution in [0, 0.1) is 6.92 Å². The first-order chi connectivity index (χ1) is 17.5. The number of aromatic nitrogens is 3. The molecule has 184 valence electrons. The lowest BCUT2D eigenvalue weighted by molar-refractivity contribution is 0.0950. The second-order valence-electron chi connectivity index (χ2n) is 9.11. The van der Waals surface area contributed by atoms with Gasteiger partial charge in [-0.25, -0.2) is 9.97 Å². The van der Waals surface area contributed by atoms with E-state index in [4.69, 9.17) is 21.0 Å². The van der Waals surface area contributed by atoms with Gasteiger partial charge in [-0.3, -0.25) is 14.7 Å². The third-order valence-corrected chi connectivity index (χ3v) is 6.64. The van der Waals surface area contributed by atoms with E-state index in [9.17, 15) is 4.79 Å². The second kappa shape index (κ2) is 11.0. The van der Waals surface area contributed by atoms with E-state index in [1.165, 1.54) is 11.8 Å². The van der Waals surface area contributed by atoms with E-state index in [1.54, 1.807) is 18.4 Å². The Labute approximate surface area is 215 Å². The van der Waals surface area contributed by atoms with Crippen LogP contribution in [-0.2, 0) is 26.1 Å². The summed E-state index contributed by atoms with van der Waals surface area (Å²) in [6, 6.07) is 15.9. The Balaban J connectivity index is 1.34. The highest BCUT2D eigenvalue weighted by Gasteiger charge is 2.28. The van der Waals surface area contributed by atoms with Crippen LogP contribution in [0.15, 0.2) is 71.6 Å². The molecule has 1 N–H and O–H groups in total. The SMILES string of the molecule is Cc1coc(CN(Cc2cccc(CNC(=O)c3ccnc(Cl)c3)c2)C2CCCc3cccnc32)n1. The van der Waals surface area contributed by atoms with Gasteiger partial charge in [0.05, 0.1) is 24.0 Å². The molecule has 8 heteroatoms. The number of nitrogens with zero attached hydrogens (tertiary/aromatic N) is 4. The lowest BCUT2D eigenvalue weighted by Gasteiger charge is -2.34. The molecular formula is C28H28ClN5O2. The number of oxazole rings is 1. The Bertz CT molecular complexity index is 1360. The number of benzene rings is 1. The van der Waals surface area contributed by atoms with Gasteiger partial charge in [0.2, 0.25) is 5.89 Å². The highest BCUT2D eigenvalue weighted by molar-refractivity contribution is 6.29. The number of carbonyl (C=O) groups is 1. The number of hydrogen-bond donors (Lipinski definition) is 1. The lowest BCUT2D eigenvalue weighted by atomic mass is 9.90. The van der Waals surface area contributed by atoms with Gasteiger partial charge in [0.15, 0.2) is 0 Å². The summed E-state index contributed by atoms with van der Waals surface area (Å²) >= 11 is 5.92. The largest absolute Gasteiger partial charge is 0.447 e. The number of aryl methyl sites for hydroxylation is 2. The minimum absolute atomic E-state index is 0.182. The van der Waals surface area contributed by atoms with Crippen molar-refractivity contribution in [1.82, 2.24) is 25.2 Å². The van der Waals surface area contributed by atoms with Crippen molar-refractivity contribution in [3.63, 3.8) is 0 Å². The van der Waals surface area contributed by atoms with Gasteiger partial charge in [-0.05, 0) is 61.1 Å². The summed E-state index contributed by atoms with van der Waals surface area (Å²) in [4.78, 5) is 28.2. The number of pyridine rings is 2. The Morgan fingerprint density at radius 2 is 2.00 bits per heavy atom. The highest BCUT2D eigenvalue weighted by Crippen LogP contribution is 2.34. The molecular weight excluding hydrogens is 474 g/mol. The van der Waals surface area contributed by atoms with Gasteiger partial charge >= 0.3 is 0 Å². The van der Waals surface area contributed by atoms with Crippen molar-refractivity contribution >= 4 is 17.5 Å². The molecule has 0 saturated heterocycles. The standard InChI is InChI=1S/C28H28ClN5O2/c1-19-18-36-26(33-19)17-34(24-9-3-7-22-8-4-11-31-27(22)24)16-21-6-2-5-20(13-21)15-32-28(35)23-10-12-30-25(29)14-23/h2,4-6,8,10-14,18,24H,3,7,9,15-17H2,1H3,(H,32,35). The van der Waals surface area contributed by atoms with Crippen LogP contribution in [-0.4, -0.2) is 25.8 Å². The third-order valence-electron chi connectivity index (χ3n) is 6.43. The summed E-state index contributed by atoms with van der Waals surface area (Å²) in [6.07, 6.45) is 8.32.